The van der Waals surface area contributed by atoms with Gasteiger partial charge in [-0.2, -0.15) is 5.10 Å². The van der Waals surface area contributed by atoms with Crippen molar-refractivity contribution in [2.24, 2.45) is 0 Å². The quantitative estimate of drug-likeness (QED) is 0.399. The molecule has 162 valence electrons. The fourth-order valence-corrected chi connectivity index (χ4v) is 3.30. The first-order valence-corrected chi connectivity index (χ1v) is 10.1. The largest absolute Gasteiger partial charge is 0.439 e. The maximum Gasteiger partial charge on any atom is 0.226 e. The lowest BCUT2D eigenvalue weighted by Crippen LogP contribution is -2.13. The summed E-state index contributed by atoms with van der Waals surface area (Å²) in [6.45, 7) is 1.83. The van der Waals surface area contributed by atoms with E-state index in [1.165, 1.54) is 36.4 Å². The van der Waals surface area contributed by atoms with Gasteiger partial charge in [-0.3, -0.25) is 4.79 Å². The second kappa shape index (κ2) is 9.43. The molecule has 1 heterocycles. The number of benzene rings is 3. The number of aromatic nitrogens is 2. The van der Waals surface area contributed by atoms with Crippen LogP contribution in [0.1, 0.15) is 17.7 Å². The number of hydrogen-bond donors (Lipinski definition) is 1. The van der Waals surface area contributed by atoms with Crippen molar-refractivity contribution < 1.29 is 18.3 Å². The summed E-state index contributed by atoms with van der Waals surface area (Å²) in [5.41, 5.74) is 2.36. The number of anilines is 1. The van der Waals surface area contributed by atoms with Crippen LogP contribution in [0.5, 0.6) is 11.6 Å². The van der Waals surface area contributed by atoms with Crippen LogP contribution in [-0.4, -0.2) is 15.7 Å². The Hall–Kier alpha value is -4.00. The summed E-state index contributed by atoms with van der Waals surface area (Å²) >= 11 is 0. The van der Waals surface area contributed by atoms with Crippen LogP contribution in [0.25, 0.3) is 5.69 Å². The predicted octanol–water partition coefficient (Wildman–Crippen LogP) is 5.82. The Bertz CT molecular complexity index is 1220. The lowest BCUT2D eigenvalue weighted by atomic mass is 10.1. The van der Waals surface area contributed by atoms with Crippen molar-refractivity contribution in [3.05, 3.63) is 102 Å². The monoisotopic (exact) mass is 433 g/mol. The molecule has 0 fully saturated rings. The molecule has 7 heteroatoms. The van der Waals surface area contributed by atoms with Crippen LogP contribution in [0.15, 0.2) is 78.9 Å². The Labute approximate surface area is 184 Å². The minimum Gasteiger partial charge on any atom is -0.439 e. The third-order valence-corrected chi connectivity index (χ3v) is 4.92. The number of rotatable bonds is 7. The van der Waals surface area contributed by atoms with E-state index < -0.39 is 5.82 Å². The number of nitrogens with zero attached hydrogens (tertiary/aromatic N) is 2. The minimum atomic E-state index is -0.491. The zero-order valence-electron chi connectivity index (χ0n) is 17.4. The SMILES string of the molecule is Cc1nn(-c2ccccc2)c(Oc2ccc(F)cc2)c1CCC(=O)Nc1ccccc1F. The predicted molar refractivity (Wildman–Crippen MR) is 118 cm³/mol. The Balaban J connectivity index is 1.60. The Morgan fingerprint density at radius 3 is 2.38 bits per heavy atom. The van der Waals surface area contributed by atoms with Crippen LogP contribution in [0, 0.1) is 18.6 Å². The molecule has 0 radical (unpaired) electrons. The molecule has 4 aromatic rings. The van der Waals surface area contributed by atoms with E-state index in [9.17, 15) is 13.6 Å². The van der Waals surface area contributed by atoms with Crippen molar-refractivity contribution in [3.8, 4) is 17.3 Å². The number of para-hydroxylation sites is 2. The maximum atomic E-state index is 13.8. The van der Waals surface area contributed by atoms with E-state index in [2.05, 4.69) is 10.4 Å². The molecule has 0 aliphatic rings. The van der Waals surface area contributed by atoms with Gasteiger partial charge in [0.25, 0.3) is 0 Å². The van der Waals surface area contributed by atoms with E-state index in [0.717, 1.165) is 11.3 Å². The van der Waals surface area contributed by atoms with Gasteiger partial charge in [-0.1, -0.05) is 30.3 Å². The molecular formula is C25H21F2N3O2. The minimum absolute atomic E-state index is 0.107. The second-order valence-electron chi connectivity index (χ2n) is 7.20. The maximum absolute atomic E-state index is 13.8. The van der Waals surface area contributed by atoms with E-state index in [0.29, 0.717) is 23.7 Å². The van der Waals surface area contributed by atoms with Gasteiger partial charge in [0, 0.05) is 12.0 Å². The molecule has 0 saturated heterocycles. The summed E-state index contributed by atoms with van der Waals surface area (Å²) in [5.74, 6) is -0.293. The van der Waals surface area contributed by atoms with E-state index >= 15 is 0 Å². The van der Waals surface area contributed by atoms with Gasteiger partial charge in [-0.05, 0) is 61.9 Å². The number of carbonyl (C=O) groups is 1. The van der Waals surface area contributed by atoms with Gasteiger partial charge in [0.15, 0.2) is 0 Å². The van der Waals surface area contributed by atoms with Crippen molar-refractivity contribution >= 4 is 11.6 Å². The fourth-order valence-electron chi connectivity index (χ4n) is 3.30. The molecule has 0 bridgehead atoms. The van der Waals surface area contributed by atoms with Gasteiger partial charge >= 0.3 is 0 Å². The van der Waals surface area contributed by atoms with Crippen LogP contribution in [0.3, 0.4) is 0 Å². The lowest BCUT2D eigenvalue weighted by Gasteiger charge is -2.12. The number of carbonyl (C=O) groups excluding carboxylic acids is 1. The van der Waals surface area contributed by atoms with Gasteiger partial charge in [0.05, 0.1) is 17.1 Å². The molecule has 0 unspecified atom stereocenters. The number of nitrogens with one attached hydrogen (secondary N) is 1. The second-order valence-corrected chi connectivity index (χ2v) is 7.20. The summed E-state index contributed by atoms with van der Waals surface area (Å²) < 4.78 is 34.9. The van der Waals surface area contributed by atoms with Crippen molar-refractivity contribution in [1.82, 2.24) is 9.78 Å². The third-order valence-electron chi connectivity index (χ3n) is 4.92. The van der Waals surface area contributed by atoms with E-state index in [1.807, 2.05) is 37.3 Å². The van der Waals surface area contributed by atoms with Crippen molar-refractivity contribution in [2.45, 2.75) is 19.8 Å². The molecule has 5 nitrogen and oxygen atoms in total. The van der Waals surface area contributed by atoms with Crippen LogP contribution in [0.2, 0.25) is 0 Å². The summed E-state index contributed by atoms with van der Waals surface area (Å²) in [6.07, 6.45) is 0.435. The number of ether oxygens (including phenoxy) is 1. The van der Waals surface area contributed by atoms with Gasteiger partial charge < -0.3 is 10.1 Å². The Kier molecular flexibility index (Phi) is 6.26. The number of aryl methyl sites for hydroxylation is 1. The van der Waals surface area contributed by atoms with E-state index in [4.69, 9.17) is 4.74 Å². The lowest BCUT2D eigenvalue weighted by molar-refractivity contribution is -0.116. The molecule has 0 aliphatic heterocycles. The molecule has 3 aromatic carbocycles. The first-order chi connectivity index (χ1) is 15.5. The van der Waals surface area contributed by atoms with Crippen LogP contribution >= 0.6 is 0 Å². The molecule has 1 N–H and O–H groups in total. The third kappa shape index (κ3) is 4.83. The van der Waals surface area contributed by atoms with Crippen molar-refractivity contribution in [3.63, 3.8) is 0 Å². The standard InChI is InChI=1S/C25H21F2N3O2/c1-17-21(15-16-24(31)28-23-10-6-5-9-22(23)27)25(32-20-13-11-18(26)12-14-20)30(29-17)19-7-3-2-4-8-19/h2-14H,15-16H2,1H3,(H,28,31). The summed E-state index contributed by atoms with van der Waals surface area (Å²) in [6, 6.07) is 21.1. The molecule has 4 rings (SSSR count). The van der Waals surface area contributed by atoms with E-state index in [1.54, 1.807) is 16.8 Å². The highest BCUT2D eigenvalue weighted by Crippen LogP contribution is 2.31. The number of hydrogen-bond acceptors (Lipinski definition) is 3. The summed E-state index contributed by atoms with van der Waals surface area (Å²) in [7, 11) is 0. The van der Waals surface area contributed by atoms with E-state index in [-0.39, 0.29) is 23.8 Å². The smallest absolute Gasteiger partial charge is 0.226 e. The highest BCUT2D eigenvalue weighted by molar-refractivity contribution is 5.91. The summed E-state index contributed by atoms with van der Waals surface area (Å²) in [5, 5.41) is 7.19. The summed E-state index contributed by atoms with van der Waals surface area (Å²) in [4.78, 5) is 12.4. The normalized spacial score (nSPS) is 10.7. The molecule has 1 amide bonds. The van der Waals surface area contributed by atoms with Crippen molar-refractivity contribution in [2.75, 3.05) is 5.32 Å². The first kappa shape index (κ1) is 21.2. The molecule has 32 heavy (non-hydrogen) atoms. The molecule has 0 aliphatic carbocycles. The van der Waals surface area contributed by atoms with Gasteiger partial charge in [0.1, 0.15) is 17.4 Å². The fraction of sp³-hybridized carbons (Fsp3) is 0.120. The molecule has 0 saturated carbocycles. The zero-order valence-corrected chi connectivity index (χ0v) is 17.4. The molecule has 0 atom stereocenters. The molecule has 1 aromatic heterocycles. The number of halogens is 2. The van der Waals surface area contributed by atoms with Gasteiger partial charge in [-0.25, -0.2) is 13.5 Å². The average molecular weight is 433 g/mol. The Morgan fingerprint density at radius 2 is 1.66 bits per heavy atom. The topological polar surface area (TPSA) is 56.2 Å². The van der Waals surface area contributed by atoms with Gasteiger partial charge in [0.2, 0.25) is 11.8 Å². The number of amides is 1. The first-order valence-electron chi connectivity index (χ1n) is 10.1. The van der Waals surface area contributed by atoms with Gasteiger partial charge in [-0.15, -0.1) is 0 Å². The molecular weight excluding hydrogens is 412 g/mol. The van der Waals surface area contributed by atoms with Crippen molar-refractivity contribution in [1.29, 1.82) is 0 Å². The van der Waals surface area contributed by atoms with Crippen LogP contribution in [0.4, 0.5) is 14.5 Å². The zero-order chi connectivity index (χ0) is 22.5. The average Bonchev–Trinajstić information content (AvgIpc) is 3.11. The van der Waals surface area contributed by atoms with Crippen LogP contribution < -0.4 is 10.1 Å². The molecule has 0 spiro atoms. The highest BCUT2D eigenvalue weighted by atomic mass is 19.1. The van der Waals surface area contributed by atoms with Crippen LogP contribution in [-0.2, 0) is 11.2 Å². The Morgan fingerprint density at radius 1 is 0.969 bits per heavy atom. The highest BCUT2D eigenvalue weighted by Gasteiger charge is 2.20.